The Bertz CT molecular complexity index is 144. The fourth-order valence-corrected chi connectivity index (χ4v) is 1.02. The molecule has 0 atom stereocenters. The maximum Gasteiger partial charge on any atom is 0.466 e. The van der Waals surface area contributed by atoms with Crippen LogP contribution in [0.1, 0.15) is 19.8 Å². The van der Waals surface area contributed by atoms with E-state index in [1.165, 1.54) is 0 Å². The average Bonchev–Trinajstić information content (AvgIpc) is 1.58. The van der Waals surface area contributed by atoms with Gasteiger partial charge in [0.25, 0.3) is 0 Å². The molecule has 0 radical (unpaired) electrons. The summed E-state index contributed by atoms with van der Waals surface area (Å²) in [5.74, 6) is 0. The first-order chi connectivity index (χ1) is 4.77. The van der Waals surface area contributed by atoms with Gasteiger partial charge in [0.2, 0.25) is 0 Å². The van der Waals surface area contributed by atoms with Gasteiger partial charge in [0.15, 0.2) is 0 Å². The quantitative estimate of drug-likeness (QED) is 0.459. The van der Waals surface area contributed by atoms with Gasteiger partial charge in [-0.2, -0.15) is 0 Å². The molecule has 0 heterocycles. The molecule has 0 unspecified atom stereocenters. The maximum absolute atomic E-state index is 10.1. The Labute approximate surface area is 74.7 Å². The third kappa shape index (κ3) is 63.4. The standard InChI is InChI=1S/C4H7O.H3O4P.Zn/c1-2-3-4-5;1-5(2,3)4;/h2-3H2,1H3;(H3,1,2,3,4);. The van der Waals surface area contributed by atoms with E-state index in [4.69, 9.17) is 19.2 Å². The molecule has 5 nitrogen and oxygen atoms in total. The molecule has 0 aliphatic rings. The van der Waals surface area contributed by atoms with Crippen LogP contribution >= 0.6 is 7.82 Å². The maximum atomic E-state index is 10.1. The van der Waals surface area contributed by atoms with Crippen LogP contribution in [0.4, 0.5) is 0 Å². The van der Waals surface area contributed by atoms with E-state index in [1.807, 2.05) is 6.92 Å². The Morgan fingerprint density at radius 1 is 1.45 bits per heavy atom. The summed E-state index contributed by atoms with van der Waals surface area (Å²) in [5, 5.41) is 0. The van der Waals surface area contributed by atoms with Crippen molar-refractivity contribution in [2.45, 2.75) is 19.8 Å². The van der Waals surface area contributed by atoms with Crippen LogP contribution in [0.3, 0.4) is 0 Å². The number of phosphoric acid groups is 1. The first-order valence-electron chi connectivity index (χ1n) is 2.90. The molecule has 0 amide bonds. The van der Waals surface area contributed by atoms with Crippen molar-refractivity contribution in [3.05, 3.63) is 0 Å². The third-order valence-corrected chi connectivity index (χ3v) is 1.27. The second-order valence-electron chi connectivity index (χ2n) is 1.80. The van der Waals surface area contributed by atoms with Crippen LogP contribution in [-0.2, 0) is 27.7 Å². The molecule has 11 heavy (non-hydrogen) atoms. The van der Waals surface area contributed by atoms with E-state index >= 15 is 0 Å². The fraction of sp³-hybridized carbons (Fsp3) is 0.750. The predicted molar refractivity (Wildman–Crippen MR) is 34.2 cm³/mol. The molecule has 63 valence electrons. The van der Waals surface area contributed by atoms with Gasteiger partial charge in [0.1, 0.15) is 0 Å². The summed E-state index contributed by atoms with van der Waals surface area (Å²) in [6.45, 7) is 2.02. The van der Waals surface area contributed by atoms with Gasteiger partial charge in [-0.05, 0) is 0 Å². The van der Waals surface area contributed by atoms with Gasteiger partial charge in [0.05, 0.1) is 0 Å². The van der Waals surface area contributed by atoms with Gasteiger partial charge >= 0.3 is 55.1 Å². The third-order valence-electron chi connectivity index (χ3n) is 0.529. The Morgan fingerprint density at radius 3 is 1.73 bits per heavy atom. The molecule has 0 bridgehead atoms. The molecule has 7 heteroatoms. The molecule has 0 saturated heterocycles. The Kier molecular flexibility index (Phi) is 8.98. The molecule has 3 N–H and O–H groups in total. The number of hydrogen-bond donors (Lipinski definition) is 3. The van der Waals surface area contributed by atoms with Crippen molar-refractivity contribution in [3.63, 3.8) is 0 Å². The van der Waals surface area contributed by atoms with Crippen LogP contribution in [0.5, 0.6) is 0 Å². The van der Waals surface area contributed by atoms with Crippen molar-refractivity contribution < 1.29 is 42.3 Å². The van der Waals surface area contributed by atoms with E-state index in [2.05, 4.69) is 0 Å². The number of carbonyl (C=O) groups is 1. The van der Waals surface area contributed by atoms with E-state index in [0.717, 1.165) is 31.1 Å². The summed E-state index contributed by atoms with van der Waals surface area (Å²) in [4.78, 5) is 31.7. The molecule has 0 spiro atoms. The summed E-state index contributed by atoms with van der Waals surface area (Å²) in [6.07, 6.45) is 1.80. The smallest absolute Gasteiger partial charge is 0.303 e. The molecular formula is C4H10O5PZn. The first kappa shape index (κ1) is 14.0. The average molecular weight is 234 g/mol. The zero-order chi connectivity index (χ0) is 9.49. The Morgan fingerprint density at radius 2 is 1.73 bits per heavy atom. The van der Waals surface area contributed by atoms with Gasteiger partial charge in [0, 0.05) is 0 Å². The van der Waals surface area contributed by atoms with Gasteiger partial charge in [-0.15, -0.1) is 0 Å². The minimum atomic E-state index is -4.64. The summed E-state index contributed by atoms with van der Waals surface area (Å²) in [6, 6.07) is 0. The molecule has 0 rings (SSSR count). The molecule has 0 aromatic carbocycles. The van der Waals surface area contributed by atoms with Crippen LogP contribution in [0.15, 0.2) is 0 Å². The molecule has 0 aromatic rings. The summed E-state index contributed by atoms with van der Waals surface area (Å²) in [7, 11) is -4.64. The minimum absolute atomic E-state index is 0.414. The van der Waals surface area contributed by atoms with Gasteiger partial charge < -0.3 is 14.7 Å². The minimum Gasteiger partial charge on any atom is -0.303 e. The normalized spacial score (nSPS) is 10.0. The summed E-state index contributed by atoms with van der Waals surface area (Å²) >= 11 is 0.827. The van der Waals surface area contributed by atoms with Crippen LogP contribution in [0.25, 0.3) is 0 Å². The summed E-state index contributed by atoms with van der Waals surface area (Å²) in [5.41, 5.74) is 0. The van der Waals surface area contributed by atoms with Crippen molar-refractivity contribution in [2.24, 2.45) is 0 Å². The monoisotopic (exact) mass is 233 g/mol. The first-order valence-corrected chi connectivity index (χ1v) is 5.95. The van der Waals surface area contributed by atoms with Crippen LogP contribution in [0, 0.1) is 0 Å². The zero-order valence-electron chi connectivity index (χ0n) is 6.23. The number of rotatable bonds is 2. The van der Waals surface area contributed by atoms with Gasteiger partial charge in [-0.25, -0.2) is 4.57 Å². The molecular weight excluding hydrogens is 224 g/mol. The van der Waals surface area contributed by atoms with Crippen molar-refractivity contribution in [1.29, 1.82) is 0 Å². The SMILES string of the molecule is CCC[C](=O)[Zn].O=P(O)(O)O. The molecule has 0 fully saturated rings. The van der Waals surface area contributed by atoms with E-state index in [0.29, 0.717) is 4.38 Å². The largest absolute Gasteiger partial charge is 0.466 e. The molecule has 0 aromatic heterocycles. The van der Waals surface area contributed by atoms with Gasteiger partial charge in [-0.3, -0.25) is 0 Å². The summed E-state index contributed by atoms with van der Waals surface area (Å²) < 4.78 is 9.30. The number of hydrogen-bond acceptors (Lipinski definition) is 2. The van der Waals surface area contributed by atoms with E-state index < -0.39 is 7.82 Å². The fourth-order valence-electron chi connectivity index (χ4n) is 0.279. The molecule has 0 aliphatic heterocycles. The zero-order valence-corrected chi connectivity index (χ0v) is 10.1. The van der Waals surface area contributed by atoms with E-state index in [9.17, 15) is 4.79 Å². The van der Waals surface area contributed by atoms with Crippen molar-refractivity contribution in [2.75, 3.05) is 0 Å². The van der Waals surface area contributed by atoms with E-state index in [1.54, 1.807) is 0 Å². The van der Waals surface area contributed by atoms with E-state index in [-0.39, 0.29) is 0 Å². The van der Waals surface area contributed by atoms with Crippen LogP contribution < -0.4 is 0 Å². The topological polar surface area (TPSA) is 94.8 Å². The Hall–Kier alpha value is 0.403. The van der Waals surface area contributed by atoms with Crippen LogP contribution in [0.2, 0.25) is 0 Å². The van der Waals surface area contributed by atoms with Crippen molar-refractivity contribution in [3.8, 4) is 0 Å². The van der Waals surface area contributed by atoms with Crippen molar-refractivity contribution in [1.82, 2.24) is 0 Å². The second kappa shape index (κ2) is 7.07. The molecule has 0 saturated carbocycles. The number of carbonyl (C=O) groups excluding carboxylic acids is 1. The van der Waals surface area contributed by atoms with Crippen molar-refractivity contribution >= 4 is 12.2 Å². The second-order valence-corrected chi connectivity index (χ2v) is 4.48. The van der Waals surface area contributed by atoms with Gasteiger partial charge in [-0.1, -0.05) is 0 Å². The molecule has 0 aliphatic carbocycles. The van der Waals surface area contributed by atoms with Crippen LogP contribution in [-0.4, -0.2) is 19.1 Å². The predicted octanol–water partition coefficient (Wildman–Crippen LogP) is -0.0687. The Balaban J connectivity index is 0.